The largest absolute Gasteiger partial charge is 0.534 e. The molecule has 2 amide bonds. The summed E-state index contributed by atoms with van der Waals surface area (Å²) in [7, 11) is -6.23. The highest BCUT2D eigenvalue weighted by Gasteiger charge is 2.52. The average Bonchev–Trinajstić information content (AvgIpc) is 3.49. The normalized spacial score (nSPS) is 18.8. The van der Waals surface area contributed by atoms with Crippen molar-refractivity contribution < 1.29 is 63.6 Å². The molecular weight excluding hydrogens is 944 g/mol. The number of benzene rings is 2. The SMILES string of the molecule is CC1(C)OB(c2cccc(Oc3cccnc3)c2)OC1(C)C.C[C@H]1CC=C(OS(=O)(=O)C(F)(F)F)N(C(=O)OC(C)(C)C)C1.C[C@H]1CC=C(c2cccc(Oc3cccnc3)c2)N(C(=O)OC(C)(C)C)C1. The summed E-state index contributed by atoms with van der Waals surface area (Å²) in [6.07, 6.45) is 9.90. The van der Waals surface area contributed by atoms with Gasteiger partial charge >= 0.3 is 34.9 Å². The number of alkyl halides is 3. The second-order valence-electron chi connectivity index (χ2n) is 20.2. The van der Waals surface area contributed by atoms with Crippen molar-refractivity contribution in [3.8, 4) is 23.0 Å². The predicted molar refractivity (Wildman–Crippen MR) is 263 cm³/mol. The highest BCUT2D eigenvalue weighted by Crippen LogP contribution is 2.37. The minimum Gasteiger partial charge on any atom is -0.456 e. The fraction of sp³-hybridized carbons (Fsp3) is 0.451. The monoisotopic (exact) mass is 1010 g/mol. The third kappa shape index (κ3) is 16.2. The van der Waals surface area contributed by atoms with E-state index in [9.17, 15) is 31.2 Å². The van der Waals surface area contributed by atoms with Crippen LogP contribution in [0.25, 0.3) is 5.70 Å². The van der Waals surface area contributed by atoms with Gasteiger partial charge in [0.1, 0.15) is 34.2 Å². The van der Waals surface area contributed by atoms with E-state index < -0.39 is 38.8 Å². The molecule has 15 nitrogen and oxygen atoms in total. The maximum Gasteiger partial charge on any atom is 0.534 e. The van der Waals surface area contributed by atoms with Gasteiger partial charge in [-0.15, -0.1) is 0 Å². The number of allylic oxidation sites excluding steroid dienone is 2. The molecule has 0 spiro atoms. The molecule has 0 aliphatic carbocycles. The van der Waals surface area contributed by atoms with Gasteiger partial charge in [0.05, 0.1) is 29.3 Å². The molecule has 5 heterocycles. The Hall–Kier alpha value is -6.12. The molecule has 1 saturated heterocycles. The van der Waals surface area contributed by atoms with Gasteiger partial charge in [0.15, 0.2) is 0 Å². The second-order valence-corrected chi connectivity index (χ2v) is 21.8. The molecular formula is C51H64BF3N4O11S. The Balaban J connectivity index is 0.000000200. The van der Waals surface area contributed by atoms with Gasteiger partial charge in [-0.05, 0) is 154 Å². The molecule has 3 aliphatic rings. The lowest BCUT2D eigenvalue weighted by atomic mass is 9.79. The molecule has 1 fully saturated rings. The van der Waals surface area contributed by atoms with Crippen LogP contribution >= 0.6 is 0 Å². The number of amides is 2. The number of rotatable bonds is 8. The first-order valence-corrected chi connectivity index (χ1v) is 24.5. The number of aromatic nitrogens is 2. The Bertz CT molecular complexity index is 2610. The smallest absolute Gasteiger partial charge is 0.456 e. The lowest BCUT2D eigenvalue weighted by Crippen LogP contribution is -2.42. The zero-order valence-electron chi connectivity index (χ0n) is 42.3. The Morgan fingerprint density at radius 1 is 0.676 bits per heavy atom. The maximum absolute atomic E-state index is 12.7. The molecule has 0 bridgehead atoms. The molecule has 2 atom stereocenters. The van der Waals surface area contributed by atoms with Crippen molar-refractivity contribution in [3.05, 3.63) is 121 Å². The van der Waals surface area contributed by atoms with E-state index >= 15 is 0 Å². The van der Waals surface area contributed by atoms with E-state index in [1.807, 2.05) is 121 Å². The molecule has 2 aromatic carbocycles. The van der Waals surface area contributed by atoms with Crippen molar-refractivity contribution in [3.63, 3.8) is 0 Å². The summed E-state index contributed by atoms with van der Waals surface area (Å²) in [4.78, 5) is 35.3. The van der Waals surface area contributed by atoms with E-state index in [0.717, 1.165) is 39.9 Å². The molecule has 2 aromatic heterocycles. The summed E-state index contributed by atoms with van der Waals surface area (Å²) >= 11 is 0. The van der Waals surface area contributed by atoms with E-state index in [2.05, 4.69) is 27.2 Å². The van der Waals surface area contributed by atoms with Gasteiger partial charge in [-0.25, -0.2) is 14.5 Å². The van der Waals surface area contributed by atoms with Crippen molar-refractivity contribution >= 4 is 40.6 Å². The van der Waals surface area contributed by atoms with Crippen LogP contribution in [0.15, 0.2) is 116 Å². The lowest BCUT2D eigenvalue weighted by molar-refractivity contribution is -0.0546. The van der Waals surface area contributed by atoms with Crippen LogP contribution in [0.2, 0.25) is 0 Å². The van der Waals surface area contributed by atoms with Crippen LogP contribution < -0.4 is 14.9 Å². The number of carbonyl (C=O) groups is 2. The minimum atomic E-state index is -5.84. The summed E-state index contributed by atoms with van der Waals surface area (Å²) < 4.78 is 97.9. The predicted octanol–water partition coefficient (Wildman–Crippen LogP) is 11.6. The first-order chi connectivity index (χ1) is 32.9. The quantitative estimate of drug-likeness (QED) is 0.0931. The van der Waals surface area contributed by atoms with Crippen molar-refractivity contribution in [2.24, 2.45) is 11.8 Å². The Kier molecular flexibility index (Phi) is 17.7. The Morgan fingerprint density at radius 2 is 1.14 bits per heavy atom. The fourth-order valence-corrected chi connectivity index (χ4v) is 7.27. The summed E-state index contributed by atoms with van der Waals surface area (Å²) in [5.41, 5.74) is -4.96. The molecule has 3 aliphatic heterocycles. The van der Waals surface area contributed by atoms with Gasteiger partial charge < -0.3 is 32.4 Å². The Morgan fingerprint density at radius 3 is 1.63 bits per heavy atom. The molecule has 0 unspecified atom stereocenters. The van der Waals surface area contributed by atoms with Gasteiger partial charge in [-0.3, -0.25) is 14.9 Å². The van der Waals surface area contributed by atoms with E-state index in [1.54, 1.807) is 57.4 Å². The van der Waals surface area contributed by atoms with Crippen LogP contribution in [-0.2, 0) is 33.1 Å². The second kappa shape index (κ2) is 22.5. The van der Waals surface area contributed by atoms with Crippen LogP contribution in [0.1, 0.15) is 101 Å². The number of carbonyl (C=O) groups excluding carboxylic acids is 2. The number of nitrogens with zero attached hydrogens (tertiary/aromatic N) is 4. The molecule has 7 rings (SSSR count). The fourth-order valence-electron chi connectivity index (χ4n) is 6.79. The summed E-state index contributed by atoms with van der Waals surface area (Å²) in [6, 6.07) is 22.9. The van der Waals surface area contributed by atoms with Crippen molar-refractivity contribution in [1.29, 1.82) is 0 Å². The van der Waals surface area contributed by atoms with Crippen molar-refractivity contribution in [2.45, 2.75) is 124 Å². The third-order valence-electron chi connectivity index (χ3n) is 10.9. The van der Waals surface area contributed by atoms with E-state index in [0.29, 0.717) is 29.7 Å². The van der Waals surface area contributed by atoms with Crippen LogP contribution in [0.5, 0.6) is 23.0 Å². The van der Waals surface area contributed by atoms with E-state index in [-0.39, 0.29) is 43.3 Å². The first-order valence-electron chi connectivity index (χ1n) is 23.1. The van der Waals surface area contributed by atoms with Gasteiger partial charge in [-0.2, -0.15) is 21.6 Å². The summed E-state index contributed by atoms with van der Waals surface area (Å²) in [5, 5.41) is 0. The highest BCUT2D eigenvalue weighted by atomic mass is 32.2. The molecule has 71 heavy (non-hydrogen) atoms. The van der Waals surface area contributed by atoms with E-state index in [4.69, 9.17) is 28.3 Å². The van der Waals surface area contributed by atoms with Gasteiger partial charge in [-0.1, -0.05) is 44.2 Å². The molecule has 0 saturated carbocycles. The molecule has 4 aromatic rings. The number of pyridine rings is 2. The Labute approximate surface area is 415 Å². The number of ether oxygens (including phenoxy) is 4. The van der Waals surface area contributed by atoms with E-state index in [1.165, 1.54) is 0 Å². The number of hydrogen-bond donors (Lipinski definition) is 0. The van der Waals surface area contributed by atoms with Crippen molar-refractivity contribution in [1.82, 2.24) is 19.8 Å². The van der Waals surface area contributed by atoms with Crippen LogP contribution in [0.4, 0.5) is 22.8 Å². The number of halogens is 3. The molecule has 0 radical (unpaired) electrons. The molecule has 384 valence electrons. The minimum absolute atomic E-state index is 0.00583. The molecule has 20 heteroatoms. The third-order valence-corrected chi connectivity index (χ3v) is 11.9. The van der Waals surface area contributed by atoms with Crippen LogP contribution in [-0.4, -0.2) is 88.5 Å². The van der Waals surface area contributed by atoms with Gasteiger partial charge in [0.2, 0.25) is 5.88 Å². The standard InChI is InChI=1S/C22H26N2O3.C17H20BNO3.C12H18F3NO5S/c1-16-10-11-20(24(15-16)21(25)27-22(2,3)4)17-7-5-8-18(13-17)26-19-9-6-12-23-14-19;1-16(2)17(3,4)22-18(21-16)13-7-5-8-14(11-13)20-15-9-6-10-19-12-15;1-8-5-6-9(21-22(18,19)12(13,14)15)16(7-8)10(17)20-11(2,3)4/h5-9,11-14,16H,10,15H2,1-4H3;5-12H,1-4H3;6,8H,5,7H2,1-4H3/t16-;;8-/m0.0/s1. The summed E-state index contributed by atoms with van der Waals surface area (Å²) in [6.45, 7) is 23.1. The topological polar surface area (TPSA) is 165 Å². The molecule has 0 N–H and O–H groups in total. The first kappa shape index (κ1) is 55.8. The maximum atomic E-state index is 12.7. The lowest BCUT2D eigenvalue weighted by Gasteiger charge is -2.34. The van der Waals surface area contributed by atoms with Gasteiger partial charge in [0.25, 0.3) is 0 Å². The average molecular weight is 1010 g/mol. The number of hydrogen-bond acceptors (Lipinski definition) is 13. The van der Waals surface area contributed by atoms with Gasteiger partial charge in [0, 0.05) is 31.0 Å². The van der Waals surface area contributed by atoms with Crippen LogP contribution in [0.3, 0.4) is 0 Å². The zero-order chi connectivity index (χ0) is 52.6. The zero-order valence-corrected chi connectivity index (χ0v) is 43.1. The summed E-state index contributed by atoms with van der Waals surface area (Å²) in [5.74, 6) is 2.43. The van der Waals surface area contributed by atoms with Crippen molar-refractivity contribution in [2.75, 3.05) is 13.1 Å². The van der Waals surface area contributed by atoms with Crippen LogP contribution in [0, 0.1) is 11.8 Å². The highest BCUT2D eigenvalue weighted by molar-refractivity contribution is 7.87.